The number of carbonyl (C=O) groups excluding carboxylic acids is 4. The fraction of sp³-hybridized carbons (Fsp3) is 0.885. The van der Waals surface area contributed by atoms with E-state index in [0.717, 1.165) is 212 Å². The second kappa shape index (κ2) is 102. The second-order valence-corrected chi connectivity index (χ2v) is 39.2. The van der Waals surface area contributed by atoms with Gasteiger partial charge in [-0.15, -0.1) is 0 Å². The second-order valence-electron chi connectivity index (χ2n) is 36.4. The summed E-state index contributed by atoms with van der Waals surface area (Å²) < 4.78 is 84.8. The van der Waals surface area contributed by atoms with E-state index in [0.29, 0.717) is 83.5 Å². The first-order chi connectivity index (χ1) is 64.1. The number of phosphoric ester groups is 2. The molecule has 0 aliphatic heterocycles. The van der Waals surface area contributed by atoms with Crippen LogP contribution in [0.4, 0.5) is 0 Å². The van der Waals surface area contributed by atoms with E-state index in [1.165, 1.54) is 89.9 Å². The molecular weight excluding hydrogens is 1770 g/mol. The van der Waals surface area contributed by atoms with E-state index >= 15 is 0 Å². The number of hydrogen-bond donors (Lipinski definition) is 8. The number of rotatable bonds is 103. The Kier molecular flexibility index (Phi) is 104. The fourth-order valence-electron chi connectivity index (χ4n) is 15.4. The van der Waals surface area contributed by atoms with Crippen molar-refractivity contribution in [2.45, 2.75) is 528 Å². The predicted molar refractivity (Wildman–Crippen MR) is 531 cm³/mol. The molecule has 0 aliphatic carbocycles. The number of amides is 3. The van der Waals surface area contributed by atoms with Gasteiger partial charge < -0.3 is 92.7 Å². The van der Waals surface area contributed by atoms with Crippen molar-refractivity contribution in [3.8, 4) is 0 Å². The monoisotopic (exact) mass is 1960 g/mol. The molecule has 0 aromatic rings. The molecule has 0 heterocycles. The summed E-state index contributed by atoms with van der Waals surface area (Å²) in [5, 5.41) is 56.2. The quantitative estimate of drug-likeness (QED) is 0.00700. The van der Waals surface area contributed by atoms with E-state index < -0.39 is 109 Å². The summed E-state index contributed by atoms with van der Waals surface area (Å²) in [6, 6.07) is -1.85. The van der Waals surface area contributed by atoms with Gasteiger partial charge >= 0.3 is 65.1 Å². The number of ether oxygens (including phenoxy) is 6. The van der Waals surface area contributed by atoms with Crippen LogP contribution in [0.1, 0.15) is 466 Å². The minimum atomic E-state index is -5.03. The minimum Gasteiger partial charge on any atom is -0.756 e. The molecule has 0 radical (unpaired) electrons. The third-order valence-electron chi connectivity index (χ3n) is 23.4. The molecule has 0 bridgehead atoms. The first-order valence-corrected chi connectivity index (χ1v) is 56.4. The van der Waals surface area contributed by atoms with Crippen molar-refractivity contribution in [3.05, 3.63) is 48.6 Å². The number of carbonyl (C=O) groups is 4. The number of aliphatic hydroxyl groups excluding tert-OH is 4. The van der Waals surface area contributed by atoms with Crippen LogP contribution in [0.5, 0.6) is 0 Å². The average Bonchev–Trinajstić information content (AvgIpc) is 0.902. The summed E-state index contributed by atoms with van der Waals surface area (Å²) in [6.45, 7) is 15.2. The Bertz CT molecular complexity index is 2830. The van der Waals surface area contributed by atoms with E-state index in [1.54, 1.807) is 0 Å². The van der Waals surface area contributed by atoms with Crippen molar-refractivity contribution in [1.29, 1.82) is 0 Å². The molecule has 0 saturated carbocycles. The van der Waals surface area contributed by atoms with Crippen LogP contribution >= 0.6 is 15.6 Å². The van der Waals surface area contributed by atoms with Gasteiger partial charge in [-0.25, -0.2) is 0 Å². The Labute approximate surface area is 860 Å². The molecule has 3 amide bonds. The first kappa shape index (κ1) is 137. The zero-order valence-corrected chi connectivity index (χ0v) is 92.5. The SMILES string of the molecule is CCCCCC/C=C\CCCC(=O)OC(CCCCCCC)CCOCC(COP(=O)([O-])OCCNC(=O)CCCCC(=O)NCCOP(=O)([O-])OCC(COCCC(CCCCCCC)OC(O)CCC/C=C\CCCCCC)NC(=O)C[C@@H](CCCCCCC)OC(O)CCC/C=C\CCCCCC)NC(O)C[C@@H](CCCCCCC)OC(O)CCC/C=C\CCCCCC.[Na+].[Na+]. The van der Waals surface area contributed by atoms with E-state index in [9.17, 15) is 58.5 Å². The molecular formula is C104H198N4Na2O22P2. The number of hydrogen-bond acceptors (Lipinski definition) is 23. The van der Waals surface area contributed by atoms with Crippen LogP contribution in [-0.2, 0) is 74.8 Å². The topological polar surface area (TPSA) is 370 Å². The van der Waals surface area contributed by atoms with Gasteiger partial charge in [-0.05, 0) is 173 Å². The third-order valence-corrected chi connectivity index (χ3v) is 25.3. The molecule has 30 heteroatoms. The Hall–Kier alpha value is -1.34. The van der Waals surface area contributed by atoms with Crippen LogP contribution in [0.15, 0.2) is 48.6 Å². The Balaban J connectivity index is -0.0000858. The molecule has 0 spiro atoms. The maximum absolute atomic E-state index is 14.0. The van der Waals surface area contributed by atoms with Gasteiger partial charge in [0.25, 0.3) is 15.6 Å². The molecule has 0 fully saturated rings. The Morgan fingerprint density at radius 2 is 0.627 bits per heavy atom. The van der Waals surface area contributed by atoms with Crippen LogP contribution in [0.25, 0.3) is 0 Å². The summed E-state index contributed by atoms with van der Waals surface area (Å²) in [7, 11) is -10.0. The summed E-state index contributed by atoms with van der Waals surface area (Å²) in [5.74, 6) is -1.53. The van der Waals surface area contributed by atoms with Crippen molar-refractivity contribution >= 4 is 39.3 Å². The zero-order valence-electron chi connectivity index (χ0n) is 86.7. The minimum absolute atomic E-state index is 0. The third kappa shape index (κ3) is 95.5. The smallest absolute Gasteiger partial charge is 0.756 e. The molecule has 134 heavy (non-hydrogen) atoms. The van der Waals surface area contributed by atoms with Gasteiger partial charge in [-0.3, -0.25) is 33.6 Å². The molecule has 10 unspecified atom stereocenters. The van der Waals surface area contributed by atoms with E-state index in [2.05, 4.69) is 125 Å². The van der Waals surface area contributed by atoms with Crippen molar-refractivity contribution in [3.63, 3.8) is 0 Å². The fourth-order valence-corrected chi connectivity index (χ4v) is 16.9. The van der Waals surface area contributed by atoms with E-state index in [4.69, 9.17) is 46.5 Å². The van der Waals surface area contributed by atoms with Gasteiger partial charge in [0, 0.05) is 51.8 Å². The molecule has 0 aromatic heterocycles. The number of allylic oxidation sites excluding steroid dienone is 8. The van der Waals surface area contributed by atoms with Crippen LogP contribution in [-0.4, -0.2) is 172 Å². The molecule has 778 valence electrons. The van der Waals surface area contributed by atoms with Crippen LogP contribution in [0.3, 0.4) is 0 Å². The molecule has 0 saturated heterocycles. The van der Waals surface area contributed by atoms with Gasteiger partial charge in [0.2, 0.25) is 17.7 Å². The number of aliphatic hydroxyl groups is 4. The maximum atomic E-state index is 14.0. The van der Waals surface area contributed by atoms with Crippen molar-refractivity contribution < 1.29 is 164 Å². The number of esters is 1. The van der Waals surface area contributed by atoms with Crippen molar-refractivity contribution in [2.75, 3.05) is 65.9 Å². The largest absolute Gasteiger partial charge is 1.00 e. The zero-order chi connectivity index (χ0) is 97.0. The van der Waals surface area contributed by atoms with E-state index in [-0.39, 0.29) is 142 Å². The predicted octanol–water partition coefficient (Wildman–Crippen LogP) is 17.4. The maximum Gasteiger partial charge on any atom is 1.00 e. The molecule has 0 aromatic carbocycles. The number of nitrogens with one attached hydrogen (secondary N) is 4. The van der Waals surface area contributed by atoms with Crippen LogP contribution < -0.4 is 90.2 Å². The molecule has 12 atom stereocenters. The summed E-state index contributed by atoms with van der Waals surface area (Å²) in [6.07, 6.45) is 67.1. The van der Waals surface area contributed by atoms with Gasteiger partial charge in [0.15, 0.2) is 18.9 Å². The number of phosphoric acid groups is 2. The summed E-state index contributed by atoms with van der Waals surface area (Å²) in [5.41, 5.74) is 0. The van der Waals surface area contributed by atoms with Crippen LogP contribution in [0.2, 0.25) is 0 Å². The van der Waals surface area contributed by atoms with Gasteiger partial charge in [-0.2, -0.15) is 0 Å². The standard InChI is InChI=1S/C104H200N4O22P2.2Na/c1-9-17-25-33-37-41-45-53-61-73-101(113)127-93(67-57-49-29-21-13-5)77-81-121-87-91(107-99(111)85-95(69-59-51-31-23-15-7)129-103(115)75-63-55-47-43-39-35-27-19-11-3)89-125-131(117,118)123-83-79-105-97(109)71-65-66-72-98(110)106-80-84-124-132(119,120)126-90-92(88-122-82-78-94(68-58-50-30-22-14-6)128-102(114)74-62-54-46-42-38-34-26-18-10-2)108-100(112)86-96(70-60-52-32-24-16-8)130-104(116)76-64-56-48-44-40-36-28-20-12-4;;/h41-48,91-96,99,102-104,107,111,114-116H,9-40,49-90H2,1-8H3,(H,105,109)(H,106,110)(H,108,112)(H,117,118)(H,119,120);;/q;2*+1/p-2/b45-41-,46-42-,47-43-,48-44-;;/t91?,92?,93?,94?,95-,96-,99?,102?,103?,104?;;/m1../s1. The van der Waals surface area contributed by atoms with Crippen molar-refractivity contribution in [2.24, 2.45) is 0 Å². The van der Waals surface area contributed by atoms with Gasteiger partial charge in [0.05, 0.1) is 83.1 Å². The van der Waals surface area contributed by atoms with E-state index in [1.807, 2.05) is 0 Å². The molecule has 26 nitrogen and oxygen atoms in total. The molecule has 8 N–H and O–H groups in total. The first-order valence-electron chi connectivity index (χ1n) is 53.5. The molecule has 0 rings (SSSR count). The van der Waals surface area contributed by atoms with Crippen LogP contribution in [0, 0.1) is 0 Å². The normalized spacial score (nSPS) is 15.1. The Morgan fingerprint density at radius 3 is 1.02 bits per heavy atom. The average molecular weight is 1960 g/mol. The van der Waals surface area contributed by atoms with Crippen molar-refractivity contribution in [1.82, 2.24) is 21.3 Å². The Morgan fingerprint density at radius 1 is 0.313 bits per heavy atom. The van der Waals surface area contributed by atoms with Gasteiger partial charge in [0.1, 0.15) is 12.3 Å². The molecule has 0 aliphatic rings. The summed E-state index contributed by atoms with van der Waals surface area (Å²) in [4.78, 5) is 79.7. The number of unbranched alkanes of at least 4 members (excludes halogenated alkanes) is 37. The summed E-state index contributed by atoms with van der Waals surface area (Å²) >= 11 is 0. The van der Waals surface area contributed by atoms with Gasteiger partial charge in [-0.1, -0.05) is 303 Å².